The van der Waals surface area contributed by atoms with Crippen LogP contribution >= 0.6 is 11.3 Å². The molecule has 0 aliphatic carbocycles. The summed E-state index contributed by atoms with van der Waals surface area (Å²) in [5.41, 5.74) is 4.96. The molecule has 5 nitrogen and oxygen atoms in total. The molecular weight excluding hydrogens is 394 g/mol. The minimum atomic E-state index is 0.000346. The monoisotopic (exact) mass is 417 g/mol. The van der Waals surface area contributed by atoms with Gasteiger partial charge in [0.05, 0.1) is 36.0 Å². The van der Waals surface area contributed by atoms with Gasteiger partial charge >= 0.3 is 0 Å². The summed E-state index contributed by atoms with van der Waals surface area (Å²) in [4.78, 5) is 24.3. The normalized spacial score (nSPS) is 10.9. The molecule has 0 saturated heterocycles. The highest BCUT2D eigenvalue weighted by Gasteiger charge is 2.22. The smallest absolute Gasteiger partial charge is 0.233 e. The summed E-state index contributed by atoms with van der Waals surface area (Å²) in [6, 6.07) is 17.7. The predicted octanol–water partition coefficient (Wildman–Crippen LogP) is 5.09. The first kappa shape index (κ1) is 20.0. The maximum Gasteiger partial charge on any atom is 0.233 e. The molecule has 0 N–H and O–H groups in total. The number of ether oxygens (including phenoxy) is 1. The van der Waals surface area contributed by atoms with Crippen LogP contribution in [0.2, 0.25) is 0 Å². The van der Waals surface area contributed by atoms with Gasteiger partial charge < -0.3 is 4.74 Å². The highest BCUT2D eigenvalue weighted by atomic mass is 32.1. The van der Waals surface area contributed by atoms with Crippen LogP contribution in [0.3, 0.4) is 0 Å². The Bertz CT molecular complexity index is 1190. The zero-order valence-electron chi connectivity index (χ0n) is 17.3. The molecule has 1 amide bonds. The van der Waals surface area contributed by atoms with Crippen molar-refractivity contribution >= 4 is 32.6 Å². The minimum Gasteiger partial charge on any atom is -0.497 e. The Balaban J connectivity index is 1.70. The van der Waals surface area contributed by atoms with Gasteiger partial charge in [-0.05, 0) is 55.3 Å². The molecule has 0 fully saturated rings. The van der Waals surface area contributed by atoms with Gasteiger partial charge in [-0.1, -0.05) is 41.2 Å². The number of thiazole rings is 1. The maximum absolute atomic E-state index is 13.4. The van der Waals surface area contributed by atoms with Gasteiger partial charge in [-0.15, -0.1) is 0 Å². The molecule has 0 aliphatic heterocycles. The minimum absolute atomic E-state index is 0.000346. The van der Waals surface area contributed by atoms with Gasteiger partial charge in [0.25, 0.3) is 0 Å². The Kier molecular flexibility index (Phi) is 5.77. The van der Waals surface area contributed by atoms with Crippen molar-refractivity contribution < 1.29 is 9.53 Å². The Morgan fingerprint density at radius 3 is 2.73 bits per heavy atom. The number of aromatic nitrogens is 2. The van der Waals surface area contributed by atoms with Gasteiger partial charge in [0.2, 0.25) is 5.91 Å². The van der Waals surface area contributed by atoms with E-state index in [2.05, 4.69) is 23.2 Å². The van der Waals surface area contributed by atoms with Crippen molar-refractivity contribution in [3.8, 4) is 5.75 Å². The van der Waals surface area contributed by atoms with Crippen LogP contribution in [0.5, 0.6) is 5.75 Å². The summed E-state index contributed by atoms with van der Waals surface area (Å²) in [5, 5.41) is 0.666. The first-order valence-electron chi connectivity index (χ1n) is 9.74. The highest BCUT2D eigenvalue weighted by molar-refractivity contribution is 7.22. The van der Waals surface area contributed by atoms with Crippen LogP contribution in [-0.4, -0.2) is 23.0 Å². The average Bonchev–Trinajstić information content (AvgIpc) is 3.18. The fourth-order valence-corrected chi connectivity index (χ4v) is 4.31. The number of anilines is 1. The van der Waals surface area contributed by atoms with E-state index < -0.39 is 0 Å². The van der Waals surface area contributed by atoms with E-state index >= 15 is 0 Å². The third-order valence-corrected chi connectivity index (χ3v) is 6.05. The van der Waals surface area contributed by atoms with Crippen LogP contribution < -0.4 is 9.64 Å². The molecule has 2 aromatic carbocycles. The summed E-state index contributed by atoms with van der Waals surface area (Å²) in [6.45, 7) is 4.45. The van der Waals surface area contributed by atoms with Crippen molar-refractivity contribution in [1.29, 1.82) is 0 Å². The Morgan fingerprint density at radius 2 is 1.97 bits per heavy atom. The van der Waals surface area contributed by atoms with Crippen molar-refractivity contribution in [1.82, 2.24) is 9.97 Å². The second-order valence-corrected chi connectivity index (χ2v) is 8.25. The number of hydrogen-bond donors (Lipinski definition) is 0. The van der Waals surface area contributed by atoms with Crippen molar-refractivity contribution in [2.45, 2.75) is 26.8 Å². The SMILES string of the molecule is COc1ccc2nc(N(Cc3ccccn3)C(=O)Cc3cc(C)ccc3C)sc2c1. The van der Waals surface area contributed by atoms with Crippen LogP contribution in [0, 0.1) is 13.8 Å². The van der Waals surface area contributed by atoms with Crippen molar-refractivity contribution in [2.75, 3.05) is 12.0 Å². The topological polar surface area (TPSA) is 55.3 Å². The number of pyridine rings is 1. The molecule has 152 valence electrons. The molecule has 4 aromatic rings. The fourth-order valence-electron chi connectivity index (χ4n) is 3.30. The van der Waals surface area contributed by atoms with E-state index in [0.717, 1.165) is 38.4 Å². The van der Waals surface area contributed by atoms with Crippen LogP contribution in [0.4, 0.5) is 5.13 Å². The zero-order valence-corrected chi connectivity index (χ0v) is 18.1. The number of amides is 1. The van der Waals surface area contributed by atoms with Crippen molar-refractivity contribution in [3.63, 3.8) is 0 Å². The number of aryl methyl sites for hydroxylation is 2. The summed E-state index contributed by atoms with van der Waals surface area (Å²) in [5.74, 6) is 0.774. The number of carbonyl (C=O) groups is 1. The summed E-state index contributed by atoms with van der Waals surface area (Å²) < 4.78 is 6.31. The van der Waals surface area contributed by atoms with Crippen LogP contribution in [0.15, 0.2) is 60.8 Å². The number of carbonyl (C=O) groups excluding carboxylic acids is 1. The molecule has 2 aromatic heterocycles. The van der Waals surface area contributed by atoms with E-state index in [4.69, 9.17) is 9.72 Å². The van der Waals surface area contributed by atoms with E-state index in [1.807, 2.05) is 50.2 Å². The second-order valence-electron chi connectivity index (χ2n) is 7.24. The third-order valence-electron chi connectivity index (χ3n) is 5.01. The van der Waals surface area contributed by atoms with Crippen LogP contribution in [0.25, 0.3) is 10.2 Å². The van der Waals surface area contributed by atoms with E-state index in [-0.39, 0.29) is 5.91 Å². The van der Waals surface area contributed by atoms with Gasteiger partial charge in [0.15, 0.2) is 5.13 Å². The molecule has 0 aliphatic rings. The number of methoxy groups -OCH3 is 1. The van der Waals surface area contributed by atoms with Gasteiger partial charge in [-0.25, -0.2) is 4.98 Å². The van der Waals surface area contributed by atoms with Gasteiger partial charge in [-0.2, -0.15) is 0 Å². The lowest BCUT2D eigenvalue weighted by atomic mass is 10.0. The van der Waals surface area contributed by atoms with E-state index in [9.17, 15) is 4.79 Å². The van der Waals surface area contributed by atoms with Crippen molar-refractivity contribution in [3.05, 3.63) is 83.2 Å². The highest BCUT2D eigenvalue weighted by Crippen LogP contribution is 2.32. The molecule has 30 heavy (non-hydrogen) atoms. The molecule has 2 heterocycles. The molecule has 0 radical (unpaired) electrons. The molecule has 0 spiro atoms. The first-order valence-corrected chi connectivity index (χ1v) is 10.6. The molecule has 4 rings (SSSR count). The average molecular weight is 418 g/mol. The summed E-state index contributed by atoms with van der Waals surface area (Å²) in [7, 11) is 1.64. The predicted molar refractivity (Wildman–Crippen MR) is 121 cm³/mol. The number of nitrogens with zero attached hydrogens (tertiary/aromatic N) is 3. The molecule has 0 bridgehead atoms. The van der Waals surface area contributed by atoms with Gasteiger partial charge in [0, 0.05) is 6.20 Å². The Hall–Kier alpha value is -3.25. The molecule has 0 saturated carbocycles. The number of benzene rings is 2. The molecule has 6 heteroatoms. The quantitative estimate of drug-likeness (QED) is 0.438. The zero-order chi connectivity index (χ0) is 21.1. The standard InChI is InChI=1S/C24H23N3O2S/c1-16-7-8-17(2)18(12-16)13-23(28)27(15-19-6-4-5-11-25-19)24-26-21-10-9-20(29-3)14-22(21)30-24/h4-12,14H,13,15H2,1-3H3. The van der Waals surface area contributed by atoms with Gasteiger partial charge in [0.1, 0.15) is 5.75 Å². The Morgan fingerprint density at radius 1 is 1.10 bits per heavy atom. The largest absolute Gasteiger partial charge is 0.497 e. The first-order chi connectivity index (χ1) is 14.5. The fraction of sp³-hybridized carbons (Fsp3) is 0.208. The second kappa shape index (κ2) is 8.63. The van der Waals surface area contributed by atoms with E-state index in [1.165, 1.54) is 11.3 Å². The lowest BCUT2D eigenvalue weighted by Gasteiger charge is -2.20. The summed E-state index contributed by atoms with van der Waals surface area (Å²) in [6.07, 6.45) is 2.06. The molecule has 0 atom stereocenters. The molecular formula is C24H23N3O2S. The van der Waals surface area contributed by atoms with Crippen LogP contribution in [0.1, 0.15) is 22.4 Å². The van der Waals surface area contributed by atoms with Crippen LogP contribution in [-0.2, 0) is 17.8 Å². The van der Waals surface area contributed by atoms with E-state index in [0.29, 0.717) is 18.1 Å². The number of fused-ring (bicyclic) bond motifs is 1. The van der Waals surface area contributed by atoms with Gasteiger partial charge in [-0.3, -0.25) is 14.7 Å². The maximum atomic E-state index is 13.4. The van der Waals surface area contributed by atoms with E-state index in [1.54, 1.807) is 18.2 Å². The molecule has 0 unspecified atom stereocenters. The number of rotatable bonds is 6. The summed E-state index contributed by atoms with van der Waals surface area (Å²) >= 11 is 1.49. The van der Waals surface area contributed by atoms with Crippen molar-refractivity contribution in [2.24, 2.45) is 0 Å². The Labute approximate surface area is 180 Å². The third kappa shape index (κ3) is 4.33. The lowest BCUT2D eigenvalue weighted by molar-refractivity contribution is -0.118. The number of hydrogen-bond acceptors (Lipinski definition) is 5. The lowest BCUT2D eigenvalue weighted by Crippen LogP contribution is -2.32.